The fourth-order valence-corrected chi connectivity index (χ4v) is 6.15. The maximum absolute atomic E-state index is 13.8. The molecule has 1 N–H and O–H groups in total. The predicted octanol–water partition coefficient (Wildman–Crippen LogP) is 2.94. The predicted molar refractivity (Wildman–Crippen MR) is 119 cm³/mol. The van der Waals surface area contributed by atoms with E-state index in [0.29, 0.717) is 19.5 Å². The molecule has 6 nitrogen and oxygen atoms in total. The van der Waals surface area contributed by atoms with Crippen molar-refractivity contribution in [3.63, 3.8) is 0 Å². The SMILES string of the molecule is CCc1ccc2nc(C)cc(C(=O)N3C[C@H]4C[C@@H](C3)[C@H](CO)N3C(=O)CCC[C@@H]43)c2c1. The van der Waals surface area contributed by atoms with Crippen LogP contribution in [0.3, 0.4) is 0 Å². The lowest BCUT2D eigenvalue weighted by Crippen LogP contribution is -2.66. The summed E-state index contributed by atoms with van der Waals surface area (Å²) in [7, 11) is 0. The Morgan fingerprint density at radius 3 is 2.81 bits per heavy atom. The van der Waals surface area contributed by atoms with Gasteiger partial charge >= 0.3 is 0 Å². The quantitative estimate of drug-likeness (QED) is 0.827. The molecule has 0 radical (unpaired) electrons. The topological polar surface area (TPSA) is 73.7 Å². The van der Waals surface area contributed by atoms with Gasteiger partial charge in [-0.15, -0.1) is 0 Å². The number of benzene rings is 1. The molecule has 2 amide bonds. The summed E-state index contributed by atoms with van der Waals surface area (Å²) < 4.78 is 0. The van der Waals surface area contributed by atoms with Gasteiger partial charge in [0.05, 0.1) is 23.7 Å². The molecule has 164 valence electrons. The number of hydrogen-bond donors (Lipinski definition) is 1. The zero-order valence-corrected chi connectivity index (χ0v) is 18.4. The van der Waals surface area contributed by atoms with Crippen LogP contribution in [0.5, 0.6) is 0 Å². The largest absolute Gasteiger partial charge is 0.394 e. The van der Waals surface area contributed by atoms with Crippen LogP contribution in [0.15, 0.2) is 24.3 Å². The first kappa shape index (κ1) is 20.4. The molecule has 0 unspecified atom stereocenters. The van der Waals surface area contributed by atoms with Gasteiger partial charge in [-0.2, -0.15) is 0 Å². The summed E-state index contributed by atoms with van der Waals surface area (Å²) in [5, 5.41) is 11.0. The number of aromatic nitrogens is 1. The molecule has 31 heavy (non-hydrogen) atoms. The molecule has 3 saturated heterocycles. The summed E-state index contributed by atoms with van der Waals surface area (Å²) in [5.74, 6) is 0.639. The summed E-state index contributed by atoms with van der Waals surface area (Å²) in [6.07, 6.45) is 4.35. The summed E-state index contributed by atoms with van der Waals surface area (Å²) >= 11 is 0. The van der Waals surface area contributed by atoms with E-state index in [1.54, 1.807) is 0 Å². The van der Waals surface area contributed by atoms with Crippen molar-refractivity contribution >= 4 is 22.7 Å². The molecule has 1 aromatic carbocycles. The Kier molecular flexibility index (Phi) is 5.21. The molecule has 2 bridgehead atoms. The summed E-state index contributed by atoms with van der Waals surface area (Å²) in [6, 6.07) is 8.07. The van der Waals surface area contributed by atoms with Crippen LogP contribution in [0.1, 0.15) is 54.2 Å². The first-order valence-corrected chi connectivity index (χ1v) is 11.6. The van der Waals surface area contributed by atoms with Gasteiger partial charge in [0, 0.05) is 36.6 Å². The van der Waals surface area contributed by atoms with E-state index < -0.39 is 0 Å². The van der Waals surface area contributed by atoms with Crippen LogP contribution in [-0.4, -0.2) is 63.5 Å². The van der Waals surface area contributed by atoms with Crippen LogP contribution in [-0.2, 0) is 11.2 Å². The average Bonchev–Trinajstić information content (AvgIpc) is 2.78. The fourth-order valence-electron chi connectivity index (χ4n) is 6.15. The zero-order valence-electron chi connectivity index (χ0n) is 18.4. The Hall–Kier alpha value is -2.47. The Morgan fingerprint density at radius 1 is 1.23 bits per heavy atom. The lowest BCUT2D eigenvalue weighted by atomic mass is 9.72. The maximum atomic E-state index is 13.8. The van der Waals surface area contributed by atoms with Crippen molar-refractivity contribution in [2.24, 2.45) is 11.8 Å². The highest BCUT2D eigenvalue weighted by Crippen LogP contribution is 2.42. The monoisotopic (exact) mass is 421 g/mol. The fraction of sp³-hybridized carbons (Fsp3) is 0.560. The van der Waals surface area contributed by atoms with Gasteiger partial charge in [-0.1, -0.05) is 13.0 Å². The molecule has 3 fully saturated rings. The second-order valence-electron chi connectivity index (χ2n) is 9.49. The van der Waals surface area contributed by atoms with E-state index >= 15 is 0 Å². The van der Waals surface area contributed by atoms with Gasteiger partial charge in [-0.3, -0.25) is 14.6 Å². The van der Waals surface area contributed by atoms with E-state index in [1.807, 2.05) is 28.9 Å². The number of piperidine rings is 3. The average molecular weight is 422 g/mol. The zero-order chi connectivity index (χ0) is 21.7. The van der Waals surface area contributed by atoms with Gasteiger partial charge in [-0.05, 0) is 68.2 Å². The van der Waals surface area contributed by atoms with Crippen molar-refractivity contribution in [3.8, 4) is 0 Å². The highest BCUT2D eigenvalue weighted by atomic mass is 16.3. The molecule has 1 aromatic heterocycles. The highest BCUT2D eigenvalue weighted by Gasteiger charge is 2.49. The van der Waals surface area contributed by atoms with E-state index in [0.717, 1.165) is 47.8 Å². The van der Waals surface area contributed by atoms with Gasteiger partial charge in [-0.25, -0.2) is 0 Å². The van der Waals surface area contributed by atoms with Crippen molar-refractivity contribution in [1.29, 1.82) is 0 Å². The minimum absolute atomic E-state index is 0.0290. The molecule has 0 saturated carbocycles. The first-order chi connectivity index (χ1) is 15.0. The number of aliphatic hydroxyl groups is 1. The number of amides is 2. The third kappa shape index (κ3) is 3.41. The number of rotatable bonds is 3. The van der Waals surface area contributed by atoms with Crippen LogP contribution < -0.4 is 0 Å². The van der Waals surface area contributed by atoms with Crippen LogP contribution in [0.4, 0.5) is 0 Å². The summed E-state index contributed by atoms with van der Waals surface area (Å²) in [4.78, 5) is 35.0. The van der Waals surface area contributed by atoms with Gasteiger partial charge in [0.25, 0.3) is 5.91 Å². The van der Waals surface area contributed by atoms with E-state index in [2.05, 4.69) is 24.0 Å². The molecule has 5 rings (SSSR count). The number of carbonyl (C=O) groups is 2. The first-order valence-electron chi connectivity index (χ1n) is 11.6. The van der Waals surface area contributed by atoms with Crippen molar-refractivity contribution < 1.29 is 14.7 Å². The second-order valence-corrected chi connectivity index (χ2v) is 9.49. The number of aliphatic hydroxyl groups excluding tert-OH is 1. The number of fused-ring (bicyclic) bond motifs is 5. The number of carbonyl (C=O) groups excluding carboxylic acids is 2. The summed E-state index contributed by atoms with van der Waals surface area (Å²) in [6.45, 7) is 5.29. The Morgan fingerprint density at radius 2 is 2.03 bits per heavy atom. The van der Waals surface area contributed by atoms with Crippen molar-refractivity contribution in [2.45, 2.75) is 58.0 Å². The second kappa shape index (κ2) is 7.90. The number of nitrogens with zero attached hydrogens (tertiary/aromatic N) is 3. The Bertz CT molecular complexity index is 1020. The molecule has 4 atom stereocenters. The summed E-state index contributed by atoms with van der Waals surface area (Å²) in [5.41, 5.74) is 3.61. The number of pyridine rings is 1. The number of aryl methyl sites for hydroxylation is 2. The normalized spacial score (nSPS) is 28.0. The molecule has 2 aromatic rings. The molecule has 6 heteroatoms. The van der Waals surface area contributed by atoms with E-state index in [9.17, 15) is 14.7 Å². The van der Waals surface area contributed by atoms with E-state index in [4.69, 9.17) is 0 Å². The van der Waals surface area contributed by atoms with Gasteiger partial charge < -0.3 is 14.9 Å². The van der Waals surface area contributed by atoms with Crippen LogP contribution in [0, 0.1) is 18.8 Å². The molecule has 3 aliphatic rings. The van der Waals surface area contributed by atoms with E-state index in [1.165, 1.54) is 5.56 Å². The van der Waals surface area contributed by atoms with Crippen LogP contribution >= 0.6 is 0 Å². The highest BCUT2D eigenvalue weighted by molar-refractivity contribution is 6.06. The molecule has 0 aliphatic carbocycles. The van der Waals surface area contributed by atoms with Crippen molar-refractivity contribution in [1.82, 2.24) is 14.8 Å². The third-order valence-electron chi connectivity index (χ3n) is 7.61. The molecule has 3 aliphatic heterocycles. The van der Waals surface area contributed by atoms with Gasteiger partial charge in [0.15, 0.2) is 0 Å². The van der Waals surface area contributed by atoms with Crippen LogP contribution in [0.2, 0.25) is 0 Å². The number of likely N-dealkylation sites (tertiary alicyclic amines) is 1. The number of hydrogen-bond acceptors (Lipinski definition) is 4. The van der Waals surface area contributed by atoms with Crippen LogP contribution in [0.25, 0.3) is 10.9 Å². The van der Waals surface area contributed by atoms with E-state index in [-0.39, 0.29) is 42.3 Å². The minimum Gasteiger partial charge on any atom is -0.394 e. The third-order valence-corrected chi connectivity index (χ3v) is 7.61. The van der Waals surface area contributed by atoms with Crippen molar-refractivity contribution in [2.75, 3.05) is 19.7 Å². The molecule has 0 spiro atoms. The molecular weight excluding hydrogens is 390 g/mol. The molecular formula is C25H31N3O3. The Balaban J connectivity index is 1.49. The standard InChI is InChI=1S/C25H31N3O3/c1-3-16-7-8-21-19(10-16)20(9-15(2)26-21)25(31)27-12-17-11-18(13-27)23(14-29)28-22(17)5-4-6-24(28)30/h7-10,17-18,22-23,29H,3-6,11-14H2,1-2H3/t17-,18+,22+,23+/m1/s1. The van der Waals surface area contributed by atoms with Crippen molar-refractivity contribution in [3.05, 3.63) is 41.1 Å². The maximum Gasteiger partial charge on any atom is 0.254 e. The Labute approximate surface area is 183 Å². The molecule has 4 heterocycles. The lowest BCUT2D eigenvalue weighted by Gasteiger charge is -2.56. The van der Waals surface area contributed by atoms with Gasteiger partial charge in [0.2, 0.25) is 5.91 Å². The lowest BCUT2D eigenvalue weighted by molar-refractivity contribution is -0.154. The smallest absolute Gasteiger partial charge is 0.254 e. The minimum atomic E-state index is -0.174. The van der Waals surface area contributed by atoms with Gasteiger partial charge in [0.1, 0.15) is 0 Å².